The lowest BCUT2D eigenvalue weighted by molar-refractivity contribution is 0.0102. The van der Waals surface area contributed by atoms with E-state index in [1.165, 1.54) is 4.31 Å². The van der Waals surface area contributed by atoms with E-state index in [-0.39, 0.29) is 24.2 Å². The fourth-order valence-electron chi connectivity index (χ4n) is 2.34. The van der Waals surface area contributed by atoms with Crippen molar-refractivity contribution in [3.63, 3.8) is 0 Å². The van der Waals surface area contributed by atoms with Crippen molar-refractivity contribution >= 4 is 20.0 Å². The molecule has 1 unspecified atom stereocenters. The summed E-state index contributed by atoms with van der Waals surface area (Å²) >= 11 is 0. The largest absolute Gasteiger partial charge is 0.376 e. The van der Waals surface area contributed by atoms with Gasteiger partial charge in [0.05, 0.1) is 24.2 Å². The van der Waals surface area contributed by atoms with E-state index in [4.69, 9.17) is 4.74 Å². The van der Waals surface area contributed by atoms with Crippen molar-refractivity contribution in [2.75, 3.05) is 32.0 Å². The molecule has 23 heavy (non-hydrogen) atoms. The summed E-state index contributed by atoms with van der Waals surface area (Å²) in [6.07, 6.45) is -0.145. The van der Waals surface area contributed by atoms with Gasteiger partial charge in [-0.05, 0) is 12.5 Å². The van der Waals surface area contributed by atoms with Gasteiger partial charge in [-0.25, -0.2) is 21.6 Å². The fraction of sp³-hybridized carbons (Fsp3) is 0.571. The molecule has 7 nitrogen and oxygen atoms in total. The van der Waals surface area contributed by atoms with Crippen LogP contribution in [0.3, 0.4) is 0 Å². The zero-order chi connectivity index (χ0) is 16.9. The molecule has 0 saturated carbocycles. The summed E-state index contributed by atoms with van der Waals surface area (Å²) in [6.45, 7) is 2.65. The van der Waals surface area contributed by atoms with E-state index in [1.54, 1.807) is 30.3 Å². The number of nitrogens with zero attached hydrogens (tertiary/aromatic N) is 1. The second-order valence-corrected chi connectivity index (χ2v) is 9.39. The maximum absolute atomic E-state index is 12.2. The van der Waals surface area contributed by atoms with Crippen LogP contribution in [0, 0.1) is 0 Å². The van der Waals surface area contributed by atoms with Crippen LogP contribution >= 0.6 is 0 Å². The molecule has 0 aliphatic carbocycles. The molecule has 1 aliphatic rings. The van der Waals surface area contributed by atoms with Crippen LogP contribution in [0.1, 0.15) is 12.5 Å². The van der Waals surface area contributed by atoms with Crippen molar-refractivity contribution in [1.29, 1.82) is 0 Å². The Morgan fingerprint density at radius 2 is 1.91 bits per heavy atom. The first kappa shape index (κ1) is 18.3. The van der Waals surface area contributed by atoms with Gasteiger partial charge in [0.15, 0.2) is 0 Å². The molecule has 0 amide bonds. The zero-order valence-corrected chi connectivity index (χ0v) is 14.6. The van der Waals surface area contributed by atoms with Gasteiger partial charge >= 0.3 is 0 Å². The highest BCUT2D eigenvalue weighted by atomic mass is 32.2. The summed E-state index contributed by atoms with van der Waals surface area (Å²) in [5, 5.41) is 0. The molecule has 1 aromatic carbocycles. The van der Waals surface area contributed by atoms with Crippen molar-refractivity contribution in [3.8, 4) is 0 Å². The van der Waals surface area contributed by atoms with Gasteiger partial charge in [0.1, 0.15) is 0 Å². The summed E-state index contributed by atoms with van der Waals surface area (Å²) < 4.78 is 57.4. The molecule has 0 spiro atoms. The Bertz CT molecular complexity index is 704. The topological polar surface area (TPSA) is 92.8 Å². The number of ether oxygens (including phenoxy) is 1. The first-order chi connectivity index (χ1) is 10.8. The molecule has 0 radical (unpaired) electrons. The smallest absolute Gasteiger partial charge is 0.215 e. The maximum Gasteiger partial charge on any atom is 0.215 e. The standard InChI is InChI=1S/C14H22N2O5S2/c1-13-11-16(8-9-21-13)23(19,20)10-7-15-22(17,18)12-14-5-3-2-4-6-14/h2-6,13,15H,7-12H2,1H3. The molecule has 0 bridgehead atoms. The van der Waals surface area contributed by atoms with E-state index in [1.807, 2.05) is 6.92 Å². The Morgan fingerprint density at radius 1 is 1.22 bits per heavy atom. The van der Waals surface area contributed by atoms with Gasteiger partial charge in [-0.15, -0.1) is 0 Å². The van der Waals surface area contributed by atoms with Crippen LogP contribution in [0.4, 0.5) is 0 Å². The summed E-state index contributed by atoms with van der Waals surface area (Å²) in [5.74, 6) is -0.420. The average Bonchev–Trinajstić information content (AvgIpc) is 2.47. The first-order valence-corrected chi connectivity index (χ1v) is 10.7. The lowest BCUT2D eigenvalue weighted by Gasteiger charge is -2.30. The number of rotatable bonds is 7. The van der Waals surface area contributed by atoms with E-state index >= 15 is 0 Å². The molecule has 1 heterocycles. The molecular formula is C14H22N2O5S2. The number of sulfonamides is 2. The van der Waals surface area contributed by atoms with Crippen molar-refractivity contribution in [1.82, 2.24) is 9.03 Å². The zero-order valence-electron chi connectivity index (χ0n) is 13.0. The lowest BCUT2D eigenvalue weighted by atomic mass is 10.2. The highest BCUT2D eigenvalue weighted by Gasteiger charge is 2.27. The third kappa shape index (κ3) is 5.85. The van der Waals surface area contributed by atoms with E-state index in [2.05, 4.69) is 4.72 Å². The van der Waals surface area contributed by atoms with Crippen LogP contribution in [-0.2, 0) is 30.5 Å². The quantitative estimate of drug-likeness (QED) is 0.746. The van der Waals surface area contributed by atoms with Crippen molar-refractivity contribution in [2.24, 2.45) is 0 Å². The van der Waals surface area contributed by atoms with E-state index in [9.17, 15) is 16.8 Å². The minimum absolute atomic E-state index is 0.136. The fourth-order valence-corrected chi connectivity index (χ4v) is 5.02. The first-order valence-electron chi connectivity index (χ1n) is 7.39. The highest BCUT2D eigenvalue weighted by molar-refractivity contribution is 7.89. The summed E-state index contributed by atoms with van der Waals surface area (Å²) in [7, 11) is -7.04. The van der Waals surface area contributed by atoms with E-state index < -0.39 is 20.0 Å². The average molecular weight is 362 g/mol. The monoisotopic (exact) mass is 362 g/mol. The summed E-state index contributed by atoms with van der Waals surface area (Å²) in [5.41, 5.74) is 0.657. The maximum atomic E-state index is 12.2. The molecule has 1 N–H and O–H groups in total. The Labute approximate surface area is 137 Å². The minimum atomic E-state index is -3.56. The van der Waals surface area contributed by atoms with Gasteiger partial charge in [0, 0.05) is 19.6 Å². The normalized spacial score (nSPS) is 20.5. The Hall–Kier alpha value is -1.00. The van der Waals surface area contributed by atoms with Gasteiger partial charge in [-0.2, -0.15) is 4.31 Å². The molecule has 0 aromatic heterocycles. The van der Waals surface area contributed by atoms with Crippen LogP contribution < -0.4 is 4.72 Å². The molecule has 1 atom stereocenters. The predicted octanol–water partition coefficient (Wildman–Crippen LogP) is 0.157. The number of nitrogens with one attached hydrogen (secondary N) is 1. The van der Waals surface area contributed by atoms with Crippen LogP contribution in [0.5, 0.6) is 0 Å². The highest BCUT2D eigenvalue weighted by Crippen LogP contribution is 2.10. The number of morpholine rings is 1. The number of benzene rings is 1. The van der Waals surface area contributed by atoms with Gasteiger partial charge in [-0.1, -0.05) is 30.3 Å². The molecule has 1 fully saturated rings. The molecular weight excluding hydrogens is 340 g/mol. The Balaban J connectivity index is 1.85. The second kappa shape index (κ2) is 7.71. The van der Waals surface area contributed by atoms with Crippen LogP contribution in [0.15, 0.2) is 30.3 Å². The van der Waals surface area contributed by atoms with Gasteiger partial charge in [0.25, 0.3) is 0 Å². The van der Waals surface area contributed by atoms with Crippen LogP contribution in [0.25, 0.3) is 0 Å². The summed E-state index contributed by atoms with van der Waals surface area (Å²) in [4.78, 5) is 0. The number of hydrogen-bond donors (Lipinski definition) is 1. The predicted molar refractivity (Wildman–Crippen MR) is 87.8 cm³/mol. The van der Waals surface area contributed by atoms with Gasteiger partial charge in [-0.3, -0.25) is 0 Å². The number of hydrogen-bond acceptors (Lipinski definition) is 5. The van der Waals surface area contributed by atoms with Crippen LogP contribution in [-0.4, -0.2) is 59.2 Å². The SMILES string of the molecule is CC1CN(S(=O)(=O)CCNS(=O)(=O)Cc2ccccc2)CCO1. The van der Waals surface area contributed by atoms with Gasteiger partial charge in [0.2, 0.25) is 20.0 Å². The van der Waals surface area contributed by atoms with Crippen molar-refractivity contribution in [3.05, 3.63) is 35.9 Å². The Morgan fingerprint density at radius 3 is 2.57 bits per heavy atom. The molecule has 9 heteroatoms. The third-order valence-corrected chi connectivity index (χ3v) is 6.67. The van der Waals surface area contributed by atoms with Crippen molar-refractivity contribution in [2.45, 2.75) is 18.8 Å². The van der Waals surface area contributed by atoms with Gasteiger partial charge < -0.3 is 4.74 Å². The van der Waals surface area contributed by atoms with Crippen LogP contribution in [0.2, 0.25) is 0 Å². The molecule has 1 aromatic rings. The lowest BCUT2D eigenvalue weighted by Crippen LogP contribution is -2.46. The summed E-state index contributed by atoms with van der Waals surface area (Å²) in [6, 6.07) is 8.75. The van der Waals surface area contributed by atoms with E-state index in [0.29, 0.717) is 25.3 Å². The van der Waals surface area contributed by atoms with Crippen molar-refractivity contribution < 1.29 is 21.6 Å². The molecule has 2 rings (SSSR count). The minimum Gasteiger partial charge on any atom is -0.376 e. The third-order valence-electron chi connectivity index (χ3n) is 3.48. The molecule has 130 valence electrons. The molecule has 1 saturated heterocycles. The van der Waals surface area contributed by atoms with E-state index in [0.717, 1.165) is 0 Å². The Kier molecular flexibility index (Phi) is 6.15. The second-order valence-electron chi connectivity index (χ2n) is 5.49. The molecule has 1 aliphatic heterocycles.